The predicted octanol–water partition coefficient (Wildman–Crippen LogP) is 2.21. The van der Waals surface area contributed by atoms with Crippen molar-refractivity contribution in [2.24, 2.45) is 0 Å². The number of carbonyl (C=O) groups excluding carboxylic acids is 2. The molecule has 6 nitrogen and oxygen atoms in total. The van der Waals surface area contributed by atoms with Crippen molar-refractivity contribution in [1.82, 2.24) is 10.2 Å². The Labute approximate surface area is 143 Å². The highest BCUT2D eigenvalue weighted by molar-refractivity contribution is 5.95. The van der Waals surface area contributed by atoms with Crippen molar-refractivity contribution in [2.45, 2.75) is 45.8 Å². The van der Waals surface area contributed by atoms with Gasteiger partial charge in [-0.3, -0.25) is 4.79 Å². The first-order valence-corrected chi connectivity index (χ1v) is 8.07. The fourth-order valence-electron chi connectivity index (χ4n) is 2.03. The molecule has 0 spiro atoms. The molecule has 134 valence electrons. The van der Waals surface area contributed by atoms with Crippen molar-refractivity contribution >= 4 is 12.0 Å². The topological polar surface area (TPSA) is 78.9 Å². The van der Waals surface area contributed by atoms with E-state index >= 15 is 0 Å². The first-order valence-electron chi connectivity index (χ1n) is 8.07. The largest absolute Gasteiger partial charge is 0.444 e. The van der Waals surface area contributed by atoms with E-state index < -0.39 is 11.7 Å². The normalized spacial score (nSPS) is 12.4. The fourth-order valence-corrected chi connectivity index (χ4v) is 2.03. The molecule has 0 fully saturated rings. The summed E-state index contributed by atoms with van der Waals surface area (Å²) >= 11 is 0. The molecule has 0 aliphatic carbocycles. The Morgan fingerprint density at radius 1 is 1.29 bits per heavy atom. The van der Waals surface area contributed by atoms with Crippen LogP contribution in [0.1, 0.15) is 43.6 Å². The summed E-state index contributed by atoms with van der Waals surface area (Å²) in [6.45, 7) is 7.52. The van der Waals surface area contributed by atoms with Crippen LogP contribution in [0.3, 0.4) is 0 Å². The number of rotatable bonds is 6. The van der Waals surface area contributed by atoms with Crippen molar-refractivity contribution in [3.8, 4) is 0 Å². The van der Waals surface area contributed by atoms with Crippen LogP contribution < -0.4 is 5.32 Å². The van der Waals surface area contributed by atoms with Gasteiger partial charge < -0.3 is 20.1 Å². The summed E-state index contributed by atoms with van der Waals surface area (Å²) in [4.78, 5) is 25.7. The van der Waals surface area contributed by atoms with Gasteiger partial charge in [-0.2, -0.15) is 0 Å². The SMILES string of the molecule is CC(CO)NC(=O)c1ccccc1CCN(C)C(=O)OC(C)(C)C. The van der Waals surface area contributed by atoms with Crippen LogP contribution >= 0.6 is 0 Å². The minimum Gasteiger partial charge on any atom is -0.444 e. The van der Waals surface area contributed by atoms with E-state index in [0.29, 0.717) is 18.5 Å². The van der Waals surface area contributed by atoms with Crippen LogP contribution in [0.15, 0.2) is 24.3 Å². The highest BCUT2D eigenvalue weighted by atomic mass is 16.6. The molecule has 0 aromatic heterocycles. The van der Waals surface area contributed by atoms with E-state index in [1.807, 2.05) is 32.9 Å². The lowest BCUT2D eigenvalue weighted by molar-refractivity contribution is 0.0300. The molecule has 0 aliphatic heterocycles. The number of hydrogen-bond acceptors (Lipinski definition) is 4. The summed E-state index contributed by atoms with van der Waals surface area (Å²) in [7, 11) is 1.67. The van der Waals surface area contributed by atoms with Crippen LogP contribution in [0.25, 0.3) is 0 Å². The van der Waals surface area contributed by atoms with Crippen LogP contribution in [0.2, 0.25) is 0 Å². The number of benzene rings is 1. The van der Waals surface area contributed by atoms with Gasteiger partial charge in [0.05, 0.1) is 6.61 Å². The lowest BCUT2D eigenvalue weighted by Gasteiger charge is -2.24. The zero-order chi connectivity index (χ0) is 18.3. The molecular formula is C18H28N2O4. The minimum absolute atomic E-state index is 0.116. The maximum absolute atomic E-state index is 12.3. The van der Waals surface area contributed by atoms with Crippen molar-refractivity contribution in [2.75, 3.05) is 20.2 Å². The van der Waals surface area contributed by atoms with Gasteiger partial charge in [-0.1, -0.05) is 18.2 Å². The molecule has 0 heterocycles. The van der Waals surface area contributed by atoms with Gasteiger partial charge in [0.25, 0.3) is 5.91 Å². The average molecular weight is 336 g/mol. The number of hydrogen-bond donors (Lipinski definition) is 2. The van der Waals surface area contributed by atoms with Gasteiger partial charge in [0, 0.05) is 25.2 Å². The Balaban J connectivity index is 2.72. The average Bonchev–Trinajstić information content (AvgIpc) is 2.50. The Kier molecular flexibility index (Phi) is 7.22. The maximum Gasteiger partial charge on any atom is 0.410 e. The zero-order valence-corrected chi connectivity index (χ0v) is 15.1. The number of aliphatic hydroxyl groups excluding tert-OH is 1. The van der Waals surface area contributed by atoms with E-state index in [4.69, 9.17) is 9.84 Å². The zero-order valence-electron chi connectivity index (χ0n) is 15.1. The van der Waals surface area contributed by atoms with Gasteiger partial charge in [-0.25, -0.2) is 4.79 Å². The Hall–Kier alpha value is -2.08. The van der Waals surface area contributed by atoms with Gasteiger partial charge in [0.15, 0.2) is 0 Å². The van der Waals surface area contributed by atoms with E-state index in [-0.39, 0.29) is 18.6 Å². The van der Waals surface area contributed by atoms with Crippen LogP contribution in [0, 0.1) is 0 Å². The van der Waals surface area contributed by atoms with Crippen molar-refractivity contribution in [3.63, 3.8) is 0 Å². The molecule has 2 amide bonds. The number of nitrogens with one attached hydrogen (secondary N) is 1. The summed E-state index contributed by atoms with van der Waals surface area (Å²) in [5.41, 5.74) is 0.856. The minimum atomic E-state index is -0.538. The van der Waals surface area contributed by atoms with Crippen molar-refractivity contribution < 1.29 is 19.4 Å². The number of aliphatic hydroxyl groups is 1. The molecule has 0 radical (unpaired) electrons. The molecule has 1 atom stereocenters. The fraction of sp³-hybridized carbons (Fsp3) is 0.556. The molecule has 0 saturated carbocycles. The number of ether oxygens (including phenoxy) is 1. The number of carbonyl (C=O) groups is 2. The quantitative estimate of drug-likeness (QED) is 0.835. The van der Waals surface area contributed by atoms with Crippen LogP contribution in [-0.4, -0.2) is 53.8 Å². The third kappa shape index (κ3) is 6.58. The summed E-state index contributed by atoms with van der Waals surface area (Å²) in [6, 6.07) is 6.94. The van der Waals surface area contributed by atoms with E-state index in [2.05, 4.69) is 5.32 Å². The Morgan fingerprint density at radius 3 is 2.50 bits per heavy atom. The Morgan fingerprint density at radius 2 is 1.92 bits per heavy atom. The lowest BCUT2D eigenvalue weighted by Crippen LogP contribution is -2.36. The van der Waals surface area contributed by atoms with E-state index in [0.717, 1.165) is 5.56 Å². The van der Waals surface area contributed by atoms with Gasteiger partial charge in [0.2, 0.25) is 0 Å². The Bertz CT molecular complexity index is 566. The summed E-state index contributed by atoms with van der Waals surface area (Å²) in [5.74, 6) is -0.230. The van der Waals surface area contributed by atoms with Gasteiger partial charge >= 0.3 is 6.09 Å². The smallest absolute Gasteiger partial charge is 0.410 e. The second-order valence-corrected chi connectivity index (χ2v) is 6.87. The van der Waals surface area contributed by atoms with E-state index in [9.17, 15) is 9.59 Å². The lowest BCUT2D eigenvalue weighted by atomic mass is 10.0. The monoisotopic (exact) mass is 336 g/mol. The molecule has 1 rings (SSSR count). The van der Waals surface area contributed by atoms with Crippen LogP contribution in [0.4, 0.5) is 4.79 Å². The van der Waals surface area contributed by atoms with E-state index in [1.54, 1.807) is 26.1 Å². The number of nitrogens with zero attached hydrogens (tertiary/aromatic N) is 1. The highest BCUT2D eigenvalue weighted by Crippen LogP contribution is 2.12. The first-order chi connectivity index (χ1) is 11.1. The highest BCUT2D eigenvalue weighted by Gasteiger charge is 2.20. The van der Waals surface area contributed by atoms with Crippen LogP contribution in [-0.2, 0) is 11.2 Å². The third-order valence-electron chi connectivity index (χ3n) is 3.34. The molecule has 1 unspecified atom stereocenters. The molecule has 0 aliphatic rings. The summed E-state index contributed by atoms with van der Waals surface area (Å²) in [5, 5.41) is 11.8. The molecular weight excluding hydrogens is 308 g/mol. The molecule has 1 aromatic rings. The summed E-state index contributed by atoms with van der Waals surface area (Å²) in [6.07, 6.45) is 0.144. The van der Waals surface area contributed by atoms with Crippen molar-refractivity contribution in [1.29, 1.82) is 0 Å². The predicted molar refractivity (Wildman–Crippen MR) is 93.0 cm³/mol. The standard InChI is InChI=1S/C18H28N2O4/c1-13(12-21)19-16(22)15-9-7-6-8-14(15)10-11-20(5)17(23)24-18(2,3)4/h6-9,13,21H,10-12H2,1-5H3,(H,19,22). The third-order valence-corrected chi connectivity index (χ3v) is 3.34. The molecule has 6 heteroatoms. The molecule has 1 aromatic carbocycles. The van der Waals surface area contributed by atoms with Gasteiger partial charge in [-0.05, 0) is 45.7 Å². The van der Waals surface area contributed by atoms with Gasteiger partial charge in [-0.15, -0.1) is 0 Å². The van der Waals surface area contributed by atoms with E-state index in [1.165, 1.54) is 4.90 Å². The number of amides is 2. The summed E-state index contributed by atoms with van der Waals surface area (Å²) < 4.78 is 5.31. The van der Waals surface area contributed by atoms with Crippen LogP contribution in [0.5, 0.6) is 0 Å². The number of likely N-dealkylation sites (N-methyl/N-ethyl adjacent to an activating group) is 1. The first kappa shape index (κ1) is 20.0. The molecule has 0 bridgehead atoms. The second-order valence-electron chi connectivity index (χ2n) is 6.87. The second kappa shape index (κ2) is 8.68. The molecule has 0 saturated heterocycles. The van der Waals surface area contributed by atoms with Gasteiger partial charge in [0.1, 0.15) is 5.60 Å². The van der Waals surface area contributed by atoms with Crippen molar-refractivity contribution in [3.05, 3.63) is 35.4 Å². The molecule has 24 heavy (non-hydrogen) atoms. The maximum atomic E-state index is 12.3. The molecule has 2 N–H and O–H groups in total.